The third kappa shape index (κ3) is 3.39. The van der Waals surface area contributed by atoms with Crippen LogP contribution in [-0.4, -0.2) is 20.4 Å². The molecule has 0 spiro atoms. The molecular formula is C18H20N4O. The summed E-state index contributed by atoms with van der Waals surface area (Å²) in [6, 6.07) is 13.6. The highest BCUT2D eigenvalue weighted by molar-refractivity contribution is 5.78. The second-order valence-corrected chi connectivity index (χ2v) is 5.62. The zero-order valence-electron chi connectivity index (χ0n) is 13.4. The van der Waals surface area contributed by atoms with Crippen molar-refractivity contribution in [3.8, 4) is 0 Å². The van der Waals surface area contributed by atoms with Crippen molar-refractivity contribution in [3.63, 3.8) is 0 Å². The number of hydrogen-bond donors (Lipinski definition) is 1. The fraction of sp³-hybridized carbons (Fsp3) is 0.278. The van der Waals surface area contributed by atoms with Crippen LogP contribution in [0.5, 0.6) is 0 Å². The second kappa shape index (κ2) is 6.60. The molecule has 1 unspecified atom stereocenters. The van der Waals surface area contributed by atoms with Crippen LogP contribution in [0.2, 0.25) is 0 Å². The average Bonchev–Trinajstić information content (AvgIpc) is 2.90. The van der Waals surface area contributed by atoms with Gasteiger partial charge < -0.3 is 9.88 Å². The molecule has 23 heavy (non-hydrogen) atoms. The highest BCUT2D eigenvalue weighted by atomic mass is 16.1. The summed E-state index contributed by atoms with van der Waals surface area (Å²) in [7, 11) is 1.99. The standard InChI is InChI=1S/C18H20N4O/c1-13(14-7-5-6-12-19-14)20-18(23)11-10-17-21-15-8-3-4-9-16(15)22(17)2/h3-9,12-13H,10-11H2,1-2H3,(H,20,23). The quantitative estimate of drug-likeness (QED) is 0.788. The fourth-order valence-electron chi connectivity index (χ4n) is 2.66. The number of pyridine rings is 1. The molecule has 5 heteroatoms. The third-order valence-electron chi connectivity index (χ3n) is 3.96. The van der Waals surface area contributed by atoms with E-state index in [0.717, 1.165) is 22.6 Å². The van der Waals surface area contributed by atoms with Gasteiger partial charge in [0.2, 0.25) is 5.91 Å². The first-order valence-corrected chi connectivity index (χ1v) is 7.76. The van der Waals surface area contributed by atoms with Crippen molar-refractivity contribution in [1.82, 2.24) is 19.9 Å². The number of para-hydroxylation sites is 2. The molecule has 1 atom stereocenters. The Morgan fingerprint density at radius 1 is 1.22 bits per heavy atom. The number of aromatic nitrogens is 3. The highest BCUT2D eigenvalue weighted by Crippen LogP contribution is 2.15. The summed E-state index contributed by atoms with van der Waals surface area (Å²) in [4.78, 5) is 21.0. The fourth-order valence-corrected chi connectivity index (χ4v) is 2.66. The number of aryl methyl sites for hydroxylation is 2. The van der Waals surface area contributed by atoms with E-state index in [2.05, 4.69) is 15.3 Å². The third-order valence-corrected chi connectivity index (χ3v) is 3.96. The van der Waals surface area contributed by atoms with Crippen LogP contribution in [-0.2, 0) is 18.3 Å². The Bertz CT molecular complexity index is 810. The first-order chi connectivity index (χ1) is 11.1. The van der Waals surface area contributed by atoms with Gasteiger partial charge in [-0.2, -0.15) is 0 Å². The van der Waals surface area contributed by atoms with Gasteiger partial charge in [-0.15, -0.1) is 0 Å². The van der Waals surface area contributed by atoms with E-state index in [1.54, 1.807) is 6.20 Å². The Hall–Kier alpha value is -2.69. The Labute approximate surface area is 135 Å². The predicted octanol–water partition coefficient (Wildman–Crippen LogP) is 2.78. The first kappa shape index (κ1) is 15.2. The van der Waals surface area contributed by atoms with Gasteiger partial charge in [-0.3, -0.25) is 9.78 Å². The van der Waals surface area contributed by atoms with Crippen LogP contribution in [0.15, 0.2) is 48.7 Å². The molecule has 3 aromatic rings. The number of amides is 1. The van der Waals surface area contributed by atoms with Crippen molar-refractivity contribution >= 4 is 16.9 Å². The highest BCUT2D eigenvalue weighted by Gasteiger charge is 2.12. The van der Waals surface area contributed by atoms with E-state index in [0.29, 0.717) is 12.8 Å². The SMILES string of the molecule is CC(NC(=O)CCc1nc2ccccc2n1C)c1ccccn1. The Balaban J connectivity index is 1.61. The minimum absolute atomic E-state index is 0.00945. The maximum absolute atomic E-state index is 12.2. The lowest BCUT2D eigenvalue weighted by Crippen LogP contribution is -2.27. The summed E-state index contributed by atoms with van der Waals surface area (Å²) in [5.41, 5.74) is 2.92. The van der Waals surface area contributed by atoms with E-state index in [9.17, 15) is 4.79 Å². The molecule has 0 saturated heterocycles. The number of carbonyl (C=O) groups excluding carboxylic acids is 1. The number of benzene rings is 1. The minimum Gasteiger partial charge on any atom is -0.348 e. The van der Waals surface area contributed by atoms with Crippen molar-refractivity contribution < 1.29 is 4.79 Å². The maximum atomic E-state index is 12.2. The van der Waals surface area contributed by atoms with Gasteiger partial charge in [0, 0.05) is 26.1 Å². The summed E-state index contributed by atoms with van der Waals surface area (Å²) in [5.74, 6) is 0.932. The number of imidazole rings is 1. The largest absolute Gasteiger partial charge is 0.348 e. The van der Waals surface area contributed by atoms with Crippen LogP contribution in [0.1, 0.15) is 30.9 Å². The number of rotatable bonds is 5. The molecule has 0 radical (unpaired) electrons. The van der Waals surface area contributed by atoms with E-state index in [-0.39, 0.29) is 11.9 Å². The number of fused-ring (bicyclic) bond motifs is 1. The van der Waals surface area contributed by atoms with E-state index in [1.807, 2.05) is 61.0 Å². The topological polar surface area (TPSA) is 59.8 Å². The number of carbonyl (C=O) groups is 1. The van der Waals surface area contributed by atoms with Crippen LogP contribution < -0.4 is 5.32 Å². The number of nitrogens with zero attached hydrogens (tertiary/aromatic N) is 3. The number of hydrogen-bond acceptors (Lipinski definition) is 3. The summed E-state index contributed by atoms with van der Waals surface area (Å²) >= 11 is 0. The molecule has 2 aromatic heterocycles. The average molecular weight is 308 g/mol. The minimum atomic E-state index is -0.0934. The molecule has 1 aromatic carbocycles. The van der Waals surface area contributed by atoms with Gasteiger partial charge in [0.15, 0.2) is 0 Å². The van der Waals surface area contributed by atoms with E-state index in [4.69, 9.17) is 0 Å². The van der Waals surface area contributed by atoms with Crippen molar-refractivity contribution in [3.05, 3.63) is 60.2 Å². The van der Waals surface area contributed by atoms with Crippen LogP contribution >= 0.6 is 0 Å². The zero-order valence-corrected chi connectivity index (χ0v) is 13.4. The molecule has 0 aliphatic rings. The van der Waals surface area contributed by atoms with Gasteiger partial charge in [-0.1, -0.05) is 18.2 Å². The van der Waals surface area contributed by atoms with Crippen molar-refractivity contribution in [2.75, 3.05) is 0 Å². The lowest BCUT2D eigenvalue weighted by Gasteiger charge is -2.13. The maximum Gasteiger partial charge on any atom is 0.220 e. The molecule has 1 amide bonds. The van der Waals surface area contributed by atoms with Crippen LogP contribution in [0, 0.1) is 0 Å². The molecule has 0 bridgehead atoms. The van der Waals surface area contributed by atoms with E-state index < -0.39 is 0 Å². The summed E-state index contributed by atoms with van der Waals surface area (Å²) in [6.45, 7) is 1.94. The zero-order chi connectivity index (χ0) is 16.2. The normalized spacial score (nSPS) is 12.3. The van der Waals surface area contributed by atoms with Gasteiger partial charge in [-0.05, 0) is 31.2 Å². The summed E-state index contributed by atoms with van der Waals surface area (Å²) in [6.07, 6.45) is 2.76. The van der Waals surface area contributed by atoms with Crippen molar-refractivity contribution in [2.45, 2.75) is 25.8 Å². The van der Waals surface area contributed by atoms with Gasteiger partial charge in [0.25, 0.3) is 0 Å². The van der Waals surface area contributed by atoms with Crippen LogP contribution in [0.25, 0.3) is 11.0 Å². The van der Waals surface area contributed by atoms with Crippen LogP contribution in [0.4, 0.5) is 0 Å². The monoisotopic (exact) mass is 308 g/mol. The molecule has 2 heterocycles. The van der Waals surface area contributed by atoms with E-state index >= 15 is 0 Å². The van der Waals surface area contributed by atoms with Gasteiger partial charge in [0.05, 0.1) is 22.8 Å². The summed E-state index contributed by atoms with van der Waals surface area (Å²) in [5, 5.41) is 2.98. The lowest BCUT2D eigenvalue weighted by atomic mass is 10.2. The molecule has 5 nitrogen and oxygen atoms in total. The molecule has 0 saturated carbocycles. The lowest BCUT2D eigenvalue weighted by molar-refractivity contribution is -0.121. The van der Waals surface area contributed by atoms with Gasteiger partial charge in [0.1, 0.15) is 5.82 Å². The Kier molecular flexibility index (Phi) is 4.37. The van der Waals surface area contributed by atoms with Crippen molar-refractivity contribution in [2.24, 2.45) is 7.05 Å². The predicted molar refractivity (Wildman–Crippen MR) is 89.8 cm³/mol. The van der Waals surface area contributed by atoms with Gasteiger partial charge >= 0.3 is 0 Å². The second-order valence-electron chi connectivity index (χ2n) is 5.62. The summed E-state index contributed by atoms with van der Waals surface area (Å²) < 4.78 is 2.05. The molecule has 118 valence electrons. The molecule has 1 N–H and O–H groups in total. The van der Waals surface area contributed by atoms with Gasteiger partial charge in [-0.25, -0.2) is 4.98 Å². The molecule has 0 aliphatic heterocycles. The molecule has 0 aliphatic carbocycles. The Morgan fingerprint density at radius 2 is 2.00 bits per heavy atom. The number of nitrogens with one attached hydrogen (secondary N) is 1. The molecule has 0 fully saturated rings. The smallest absolute Gasteiger partial charge is 0.220 e. The molecule has 3 rings (SSSR count). The first-order valence-electron chi connectivity index (χ1n) is 7.76. The molecular weight excluding hydrogens is 288 g/mol. The van der Waals surface area contributed by atoms with Crippen LogP contribution in [0.3, 0.4) is 0 Å². The Morgan fingerprint density at radius 3 is 2.74 bits per heavy atom. The van der Waals surface area contributed by atoms with Crippen molar-refractivity contribution in [1.29, 1.82) is 0 Å². The van der Waals surface area contributed by atoms with E-state index in [1.165, 1.54) is 0 Å².